The Hall–Kier alpha value is -5.37. The molecule has 0 bridgehead atoms. The normalized spacial score (nSPS) is 15.1. The highest BCUT2D eigenvalue weighted by Gasteiger charge is 2.41. The number of rotatable bonds is 5. The number of anilines is 2. The number of ether oxygens (including phenoxy) is 2. The number of aryl methyl sites for hydroxylation is 3. The summed E-state index contributed by atoms with van der Waals surface area (Å²) in [7, 11) is 3.31. The van der Waals surface area contributed by atoms with E-state index in [1.807, 2.05) is 72.3 Å². The van der Waals surface area contributed by atoms with Crippen LogP contribution in [-0.4, -0.2) is 35.7 Å². The lowest BCUT2D eigenvalue weighted by Crippen LogP contribution is -2.46. The van der Waals surface area contributed by atoms with Gasteiger partial charge in [-0.1, -0.05) is 48.5 Å². The summed E-state index contributed by atoms with van der Waals surface area (Å²) in [5.74, 6) is 3.48. The molecule has 0 saturated carbocycles. The fraction of sp³-hybridized carbons (Fsp3) is 0.171. The van der Waals surface area contributed by atoms with Crippen LogP contribution in [0.1, 0.15) is 34.0 Å². The molecule has 0 unspecified atom stereocenters. The van der Waals surface area contributed by atoms with Crippen LogP contribution in [0, 0.1) is 20.8 Å². The van der Waals surface area contributed by atoms with E-state index >= 15 is 0 Å². The summed E-state index contributed by atoms with van der Waals surface area (Å²) in [4.78, 5) is 12.7. The molecule has 1 N–H and O–H groups in total. The highest BCUT2D eigenvalue weighted by Crippen LogP contribution is 2.49. The third-order valence-electron chi connectivity index (χ3n) is 8.01. The predicted octanol–water partition coefficient (Wildman–Crippen LogP) is 7.61. The van der Waals surface area contributed by atoms with Crippen LogP contribution in [0.3, 0.4) is 0 Å². The molecule has 0 radical (unpaired) electrons. The van der Waals surface area contributed by atoms with E-state index in [0.29, 0.717) is 23.2 Å². The van der Waals surface area contributed by atoms with Gasteiger partial charge in [-0.05, 0) is 79.9 Å². The molecule has 3 heterocycles. The Morgan fingerprint density at radius 3 is 2.33 bits per heavy atom. The molecular formula is C35H32N6O2. The van der Waals surface area contributed by atoms with Gasteiger partial charge in [-0.15, -0.1) is 0 Å². The average Bonchev–Trinajstić information content (AvgIpc) is 3.37. The molecule has 8 nitrogen and oxygen atoms in total. The van der Waals surface area contributed by atoms with Crippen molar-refractivity contribution in [2.45, 2.75) is 26.8 Å². The lowest BCUT2D eigenvalue weighted by molar-refractivity contribution is 0.354. The number of nitrogens with one attached hydrogen (secondary N) is 1. The van der Waals surface area contributed by atoms with Crippen molar-refractivity contribution in [3.8, 4) is 17.2 Å². The van der Waals surface area contributed by atoms with Gasteiger partial charge in [0.05, 0.1) is 43.0 Å². The number of nitrogens with zero attached hydrogens (tertiary/aromatic N) is 5. The Morgan fingerprint density at radius 2 is 1.53 bits per heavy atom. The fourth-order valence-electron chi connectivity index (χ4n) is 5.88. The van der Waals surface area contributed by atoms with Gasteiger partial charge in [0, 0.05) is 11.3 Å². The number of hydrogen-bond donors (Lipinski definition) is 1. The van der Waals surface area contributed by atoms with E-state index in [1.165, 1.54) is 0 Å². The zero-order valence-electron chi connectivity index (χ0n) is 24.8. The van der Waals surface area contributed by atoms with Crippen molar-refractivity contribution in [3.05, 3.63) is 119 Å². The Kier molecular flexibility index (Phi) is 6.46. The average molecular weight is 569 g/mol. The second-order valence-electron chi connectivity index (χ2n) is 10.8. The van der Waals surface area contributed by atoms with Gasteiger partial charge in [-0.2, -0.15) is 5.10 Å². The Bertz CT molecular complexity index is 1920. The first-order valence-electron chi connectivity index (χ1n) is 14.2. The Morgan fingerprint density at radius 1 is 0.767 bits per heavy atom. The molecule has 43 heavy (non-hydrogen) atoms. The predicted molar refractivity (Wildman–Crippen MR) is 172 cm³/mol. The van der Waals surface area contributed by atoms with Gasteiger partial charge >= 0.3 is 0 Å². The fourth-order valence-corrected chi connectivity index (χ4v) is 5.88. The van der Waals surface area contributed by atoms with Gasteiger partial charge in [0.2, 0.25) is 0 Å². The number of benzene rings is 4. The first-order chi connectivity index (χ1) is 21.0. The van der Waals surface area contributed by atoms with Crippen LogP contribution in [-0.2, 0) is 0 Å². The molecule has 0 saturated heterocycles. The van der Waals surface area contributed by atoms with Crippen LogP contribution in [0.2, 0.25) is 0 Å². The Labute approximate surface area is 251 Å². The van der Waals surface area contributed by atoms with Crippen LogP contribution in [0.25, 0.3) is 5.69 Å². The van der Waals surface area contributed by atoms with E-state index in [2.05, 4.69) is 54.4 Å². The van der Waals surface area contributed by atoms with Crippen LogP contribution in [0.5, 0.6) is 11.5 Å². The molecular weight excluding hydrogens is 536 g/mol. The lowest BCUT2D eigenvalue weighted by Gasteiger charge is -2.40. The number of methoxy groups -OCH3 is 2. The van der Waals surface area contributed by atoms with E-state index in [1.54, 1.807) is 14.2 Å². The highest BCUT2D eigenvalue weighted by molar-refractivity contribution is 6.51. The van der Waals surface area contributed by atoms with Gasteiger partial charge in [-0.3, -0.25) is 0 Å². The second-order valence-corrected chi connectivity index (χ2v) is 10.8. The van der Waals surface area contributed by atoms with Crippen molar-refractivity contribution >= 4 is 34.6 Å². The summed E-state index contributed by atoms with van der Waals surface area (Å²) in [5, 5.41) is 8.67. The molecule has 0 fully saturated rings. The summed E-state index contributed by atoms with van der Waals surface area (Å²) in [5.41, 5.74) is 8.96. The number of amidine groups is 2. The maximum absolute atomic E-state index is 5.76. The second kappa shape index (κ2) is 10.5. The van der Waals surface area contributed by atoms with E-state index in [0.717, 1.165) is 56.5 Å². The zero-order valence-corrected chi connectivity index (χ0v) is 24.8. The minimum atomic E-state index is -0.271. The number of aromatic nitrogens is 2. The summed E-state index contributed by atoms with van der Waals surface area (Å²) < 4.78 is 13.3. The topological polar surface area (TPSA) is 76.3 Å². The minimum absolute atomic E-state index is 0.271. The summed E-state index contributed by atoms with van der Waals surface area (Å²) in [6.07, 6.45) is 0. The maximum Gasteiger partial charge on any atom is 0.179 e. The molecule has 2 aliphatic heterocycles. The van der Waals surface area contributed by atoms with Crippen molar-refractivity contribution in [1.29, 1.82) is 0 Å². The van der Waals surface area contributed by atoms with Crippen LogP contribution in [0.15, 0.2) is 101 Å². The number of para-hydroxylation sites is 3. The molecule has 1 atom stereocenters. The van der Waals surface area contributed by atoms with Crippen LogP contribution in [0.4, 0.5) is 22.9 Å². The monoisotopic (exact) mass is 568 g/mol. The summed E-state index contributed by atoms with van der Waals surface area (Å²) in [6, 6.07) is 30.5. The first kappa shape index (κ1) is 26.5. The smallest absolute Gasteiger partial charge is 0.179 e. The van der Waals surface area contributed by atoms with Crippen molar-refractivity contribution in [3.63, 3.8) is 0 Å². The number of hydrogen-bond acceptors (Lipinski definition) is 7. The van der Waals surface area contributed by atoms with E-state index in [4.69, 9.17) is 24.6 Å². The van der Waals surface area contributed by atoms with Crippen molar-refractivity contribution < 1.29 is 9.47 Å². The minimum Gasteiger partial charge on any atom is -0.493 e. The summed E-state index contributed by atoms with van der Waals surface area (Å²) in [6.45, 7) is 6.23. The van der Waals surface area contributed by atoms with Crippen molar-refractivity contribution in [2.24, 2.45) is 9.98 Å². The van der Waals surface area contributed by atoms with Gasteiger partial charge in [0.1, 0.15) is 0 Å². The molecule has 5 aromatic rings. The van der Waals surface area contributed by atoms with E-state index in [9.17, 15) is 0 Å². The van der Waals surface area contributed by atoms with Crippen molar-refractivity contribution in [1.82, 2.24) is 9.78 Å². The van der Waals surface area contributed by atoms with Gasteiger partial charge in [0.25, 0.3) is 0 Å². The number of fused-ring (bicyclic) bond motifs is 4. The molecule has 214 valence electrons. The van der Waals surface area contributed by atoms with Gasteiger partial charge in [-0.25, -0.2) is 14.7 Å². The molecule has 8 heteroatoms. The van der Waals surface area contributed by atoms with Gasteiger partial charge < -0.3 is 19.7 Å². The Balaban J connectivity index is 1.51. The standard InChI is InChI=1S/C35H32N6O2/c1-21-15-16-22(2)27(19-21)37-33-35-38-34-31(23(3)39-41(34)25-11-7-6-8-12-25)32(24-17-18-29(42-4)30(20-24)43-5)40(35)28-14-10-9-13-26(28)36-33/h6-20,32H,1-5H3,(H,36,37)/t32-/m0/s1. The molecule has 0 aliphatic carbocycles. The molecule has 0 spiro atoms. The van der Waals surface area contributed by atoms with E-state index < -0.39 is 0 Å². The van der Waals surface area contributed by atoms with Crippen LogP contribution < -0.4 is 19.7 Å². The first-order valence-corrected chi connectivity index (χ1v) is 14.2. The molecule has 1 aromatic heterocycles. The molecule has 0 amide bonds. The molecule has 2 aliphatic rings. The van der Waals surface area contributed by atoms with E-state index in [-0.39, 0.29) is 6.04 Å². The lowest BCUT2D eigenvalue weighted by atomic mass is 9.93. The molecule has 7 rings (SSSR count). The van der Waals surface area contributed by atoms with Gasteiger partial charge in [0.15, 0.2) is 29.0 Å². The third-order valence-corrected chi connectivity index (χ3v) is 8.01. The third kappa shape index (κ3) is 4.43. The highest BCUT2D eigenvalue weighted by atomic mass is 16.5. The largest absolute Gasteiger partial charge is 0.493 e. The summed E-state index contributed by atoms with van der Waals surface area (Å²) >= 11 is 0. The maximum atomic E-state index is 5.76. The van der Waals surface area contributed by atoms with Crippen LogP contribution >= 0.6 is 0 Å². The zero-order chi connectivity index (χ0) is 29.7. The molecule has 4 aromatic carbocycles. The SMILES string of the molecule is COc1ccc([C@H]2c3c(C)nn(-c4ccccc4)c3N=C3C(Nc4cc(C)ccc4C)=Nc4ccccc4N32)cc1OC. The quantitative estimate of drug-likeness (QED) is 0.236. The number of aliphatic imine (C=N–C) groups is 2. The van der Waals surface area contributed by atoms with Crippen molar-refractivity contribution in [2.75, 3.05) is 24.4 Å².